The number of pyridine rings is 1. The molecule has 5 heteroatoms. The topological polar surface area (TPSA) is 66.5 Å². The number of hydrogen-bond acceptors (Lipinski definition) is 4. The van der Waals surface area contributed by atoms with Gasteiger partial charge in [0.1, 0.15) is 0 Å². The van der Waals surface area contributed by atoms with Crippen LogP contribution >= 0.6 is 0 Å². The van der Waals surface area contributed by atoms with Crippen molar-refractivity contribution in [2.75, 3.05) is 6.54 Å². The lowest BCUT2D eigenvalue weighted by Gasteiger charge is -2.14. The van der Waals surface area contributed by atoms with Crippen LogP contribution < -0.4 is 5.32 Å². The van der Waals surface area contributed by atoms with Crippen LogP contribution in [0.3, 0.4) is 0 Å². The molecule has 2 aromatic rings. The number of hydrogen-bond donors (Lipinski definition) is 2. The van der Waals surface area contributed by atoms with Gasteiger partial charge in [0, 0.05) is 18.3 Å². The summed E-state index contributed by atoms with van der Waals surface area (Å²) < 4.78 is 0. The van der Waals surface area contributed by atoms with Crippen LogP contribution in [0.2, 0.25) is 0 Å². The second kappa shape index (κ2) is 6.26. The van der Waals surface area contributed by atoms with Gasteiger partial charge in [0.15, 0.2) is 0 Å². The first kappa shape index (κ1) is 12.7. The number of H-pyrrole nitrogens is 1. The van der Waals surface area contributed by atoms with Crippen LogP contribution in [-0.4, -0.2) is 26.9 Å². The Morgan fingerprint density at radius 2 is 2.17 bits per heavy atom. The molecule has 0 aliphatic heterocycles. The lowest BCUT2D eigenvalue weighted by molar-refractivity contribution is 0.530. The Bertz CT molecular complexity index is 449. The molecular weight excluding hydrogens is 226 g/mol. The highest BCUT2D eigenvalue weighted by Crippen LogP contribution is 2.14. The van der Waals surface area contributed by atoms with E-state index in [1.165, 1.54) is 5.56 Å². The summed E-state index contributed by atoms with van der Waals surface area (Å²) in [5.74, 6) is 0. The molecule has 0 amide bonds. The van der Waals surface area contributed by atoms with E-state index < -0.39 is 0 Å². The Morgan fingerprint density at radius 3 is 2.72 bits per heavy atom. The third-order valence-electron chi connectivity index (χ3n) is 2.95. The third-order valence-corrected chi connectivity index (χ3v) is 2.95. The summed E-state index contributed by atoms with van der Waals surface area (Å²) in [6.45, 7) is 5.11. The molecule has 2 heterocycles. The van der Waals surface area contributed by atoms with Crippen LogP contribution in [0.4, 0.5) is 0 Å². The Labute approximate surface area is 107 Å². The lowest BCUT2D eigenvalue weighted by Crippen LogP contribution is -2.23. The van der Waals surface area contributed by atoms with Crippen molar-refractivity contribution in [1.82, 2.24) is 25.7 Å². The van der Waals surface area contributed by atoms with E-state index in [0.29, 0.717) is 0 Å². The summed E-state index contributed by atoms with van der Waals surface area (Å²) in [5, 5.41) is 14.0. The summed E-state index contributed by atoms with van der Waals surface area (Å²) >= 11 is 0. The molecule has 0 aliphatic carbocycles. The van der Waals surface area contributed by atoms with Gasteiger partial charge in [-0.3, -0.25) is 4.98 Å². The smallest absolute Gasteiger partial charge is 0.0997 e. The molecule has 0 aromatic carbocycles. The predicted octanol–water partition coefficient (Wildman–Crippen LogP) is 1.66. The van der Waals surface area contributed by atoms with Crippen molar-refractivity contribution >= 4 is 0 Å². The average Bonchev–Trinajstić information content (AvgIpc) is 2.93. The Balaban J connectivity index is 2.08. The van der Waals surface area contributed by atoms with Gasteiger partial charge < -0.3 is 5.32 Å². The van der Waals surface area contributed by atoms with Gasteiger partial charge in [0.05, 0.1) is 17.9 Å². The maximum atomic E-state index is 4.48. The van der Waals surface area contributed by atoms with Crippen molar-refractivity contribution < 1.29 is 0 Å². The zero-order chi connectivity index (χ0) is 12.8. The molecule has 1 unspecified atom stereocenters. The first-order valence-corrected chi connectivity index (χ1v) is 6.36. The Morgan fingerprint density at radius 1 is 1.28 bits per heavy atom. The van der Waals surface area contributed by atoms with Gasteiger partial charge in [0.25, 0.3) is 0 Å². The molecule has 0 fully saturated rings. The standard InChI is InChI=1S/C13H19N5/c1-3-10-5-6-11(15-8-10)7-12(14-4-2)13-9-16-18-17-13/h5-6,8-9,12,14H,3-4,7H2,1-2H3,(H,16,17,18). The van der Waals surface area contributed by atoms with Gasteiger partial charge in [-0.1, -0.05) is 19.9 Å². The third kappa shape index (κ3) is 3.13. The molecule has 0 bridgehead atoms. The van der Waals surface area contributed by atoms with Crippen LogP contribution in [0.15, 0.2) is 24.5 Å². The number of aromatic amines is 1. The fourth-order valence-corrected chi connectivity index (χ4v) is 1.90. The summed E-state index contributed by atoms with van der Waals surface area (Å²) in [6.07, 6.45) is 5.55. The fraction of sp³-hybridized carbons (Fsp3) is 0.462. The maximum absolute atomic E-state index is 4.48. The molecule has 2 N–H and O–H groups in total. The SMILES string of the molecule is CCNC(Cc1ccc(CC)cn1)c1cn[nH]n1. The van der Waals surface area contributed by atoms with Crippen LogP contribution in [0.25, 0.3) is 0 Å². The molecule has 2 aromatic heterocycles. The van der Waals surface area contributed by atoms with E-state index in [-0.39, 0.29) is 6.04 Å². The van der Waals surface area contributed by atoms with E-state index in [9.17, 15) is 0 Å². The van der Waals surface area contributed by atoms with Gasteiger partial charge in [0.2, 0.25) is 0 Å². The predicted molar refractivity (Wildman–Crippen MR) is 70.1 cm³/mol. The summed E-state index contributed by atoms with van der Waals surface area (Å²) in [7, 11) is 0. The minimum atomic E-state index is 0.161. The Hall–Kier alpha value is -1.75. The molecule has 0 saturated heterocycles. The first-order valence-electron chi connectivity index (χ1n) is 6.36. The molecule has 5 nitrogen and oxygen atoms in total. The molecular formula is C13H19N5. The highest BCUT2D eigenvalue weighted by Gasteiger charge is 2.14. The van der Waals surface area contributed by atoms with Crippen molar-refractivity contribution in [2.24, 2.45) is 0 Å². The van der Waals surface area contributed by atoms with Gasteiger partial charge in [-0.2, -0.15) is 15.4 Å². The number of rotatable bonds is 6. The highest BCUT2D eigenvalue weighted by atomic mass is 15.3. The minimum absolute atomic E-state index is 0.161. The van der Waals surface area contributed by atoms with E-state index in [4.69, 9.17) is 0 Å². The van der Waals surface area contributed by atoms with Crippen molar-refractivity contribution in [2.45, 2.75) is 32.7 Å². The van der Waals surface area contributed by atoms with Crippen molar-refractivity contribution in [3.63, 3.8) is 0 Å². The van der Waals surface area contributed by atoms with E-state index >= 15 is 0 Å². The number of likely N-dealkylation sites (N-methyl/N-ethyl adjacent to an activating group) is 1. The van der Waals surface area contributed by atoms with Gasteiger partial charge in [-0.25, -0.2) is 0 Å². The summed E-state index contributed by atoms with van der Waals surface area (Å²) in [6, 6.07) is 4.38. The highest BCUT2D eigenvalue weighted by molar-refractivity contribution is 5.16. The normalized spacial score (nSPS) is 12.6. The number of aryl methyl sites for hydroxylation is 1. The van der Waals surface area contributed by atoms with E-state index in [1.54, 1.807) is 6.20 Å². The largest absolute Gasteiger partial charge is 0.308 e. The summed E-state index contributed by atoms with van der Waals surface area (Å²) in [4.78, 5) is 4.48. The van der Waals surface area contributed by atoms with Gasteiger partial charge in [-0.05, 0) is 24.6 Å². The van der Waals surface area contributed by atoms with E-state index in [1.807, 2.05) is 6.20 Å². The number of nitrogens with one attached hydrogen (secondary N) is 2. The zero-order valence-electron chi connectivity index (χ0n) is 10.8. The van der Waals surface area contributed by atoms with Crippen LogP contribution in [0.1, 0.15) is 36.8 Å². The van der Waals surface area contributed by atoms with E-state index in [2.05, 4.69) is 51.7 Å². The molecule has 0 spiro atoms. The van der Waals surface area contributed by atoms with Crippen LogP contribution in [-0.2, 0) is 12.8 Å². The molecule has 2 rings (SSSR count). The lowest BCUT2D eigenvalue weighted by atomic mass is 10.1. The molecule has 1 atom stereocenters. The zero-order valence-corrected chi connectivity index (χ0v) is 10.8. The fourth-order valence-electron chi connectivity index (χ4n) is 1.90. The van der Waals surface area contributed by atoms with Crippen molar-refractivity contribution in [3.8, 4) is 0 Å². The monoisotopic (exact) mass is 245 g/mol. The van der Waals surface area contributed by atoms with Crippen LogP contribution in [0, 0.1) is 0 Å². The second-order valence-electron chi connectivity index (χ2n) is 4.22. The minimum Gasteiger partial charge on any atom is -0.308 e. The molecule has 0 aliphatic rings. The Kier molecular flexibility index (Phi) is 4.41. The second-order valence-corrected chi connectivity index (χ2v) is 4.22. The van der Waals surface area contributed by atoms with E-state index in [0.717, 1.165) is 30.8 Å². The number of nitrogens with zero attached hydrogens (tertiary/aromatic N) is 3. The number of aromatic nitrogens is 4. The quantitative estimate of drug-likeness (QED) is 0.812. The first-order chi connectivity index (χ1) is 8.83. The van der Waals surface area contributed by atoms with Crippen molar-refractivity contribution in [3.05, 3.63) is 41.5 Å². The molecule has 0 saturated carbocycles. The van der Waals surface area contributed by atoms with Crippen LogP contribution in [0.5, 0.6) is 0 Å². The molecule has 96 valence electrons. The molecule has 18 heavy (non-hydrogen) atoms. The van der Waals surface area contributed by atoms with Gasteiger partial charge in [-0.15, -0.1) is 0 Å². The molecule has 0 radical (unpaired) electrons. The maximum Gasteiger partial charge on any atom is 0.0997 e. The van der Waals surface area contributed by atoms with Crippen molar-refractivity contribution in [1.29, 1.82) is 0 Å². The summed E-state index contributed by atoms with van der Waals surface area (Å²) in [5.41, 5.74) is 3.26. The average molecular weight is 245 g/mol. The van der Waals surface area contributed by atoms with Gasteiger partial charge >= 0.3 is 0 Å².